The molecular weight excluding hydrogens is 273 g/mol. The van der Waals surface area contributed by atoms with Crippen molar-refractivity contribution in [3.8, 4) is 0 Å². The molecule has 1 aromatic heterocycles. The fourth-order valence-corrected chi connectivity index (χ4v) is 2.16. The Kier molecular flexibility index (Phi) is 3.06. The van der Waals surface area contributed by atoms with Gasteiger partial charge in [0.2, 0.25) is 0 Å². The van der Waals surface area contributed by atoms with Crippen LogP contribution in [0.1, 0.15) is 10.4 Å². The largest absolute Gasteiger partial charge is 0.326 e. The maximum absolute atomic E-state index is 13.5. The molecule has 2 aromatic carbocycles. The fourth-order valence-electron chi connectivity index (χ4n) is 2.16. The van der Waals surface area contributed by atoms with Crippen molar-refractivity contribution in [2.24, 2.45) is 7.05 Å². The van der Waals surface area contributed by atoms with E-state index in [1.54, 1.807) is 31.3 Å². The highest BCUT2D eigenvalue weighted by atomic mass is 19.1. The third-order valence-corrected chi connectivity index (χ3v) is 3.28. The molecule has 0 bridgehead atoms. The Morgan fingerprint density at radius 1 is 1.24 bits per heavy atom. The molecule has 0 aliphatic carbocycles. The molecule has 1 amide bonds. The molecule has 0 fully saturated rings. The fraction of sp³-hybridized carbons (Fsp3) is 0.0667. The molecule has 0 aliphatic rings. The summed E-state index contributed by atoms with van der Waals surface area (Å²) in [6.07, 6.45) is 0. The molecule has 0 unspecified atom stereocenters. The van der Waals surface area contributed by atoms with Gasteiger partial charge in [0.1, 0.15) is 5.82 Å². The highest BCUT2D eigenvalue weighted by molar-refractivity contribution is 6.05. The van der Waals surface area contributed by atoms with Crippen LogP contribution in [-0.2, 0) is 7.05 Å². The highest BCUT2D eigenvalue weighted by Crippen LogP contribution is 2.17. The van der Waals surface area contributed by atoms with Crippen LogP contribution in [-0.4, -0.2) is 15.5 Å². The zero-order chi connectivity index (χ0) is 15.0. The summed E-state index contributed by atoms with van der Waals surface area (Å²) in [6, 6.07) is 10.8. The van der Waals surface area contributed by atoms with Crippen LogP contribution in [0.2, 0.25) is 0 Å². The van der Waals surface area contributed by atoms with E-state index in [1.165, 1.54) is 22.8 Å². The van der Waals surface area contributed by atoms with E-state index in [9.17, 15) is 14.0 Å². The van der Waals surface area contributed by atoms with E-state index in [1.807, 2.05) is 0 Å². The smallest absolute Gasteiger partial charge is 0.322 e. The number of aromatic amines is 1. The summed E-state index contributed by atoms with van der Waals surface area (Å²) in [6.45, 7) is 0. The molecule has 2 N–H and O–H groups in total. The molecule has 21 heavy (non-hydrogen) atoms. The van der Waals surface area contributed by atoms with Crippen LogP contribution in [0.15, 0.2) is 47.3 Å². The number of rotatable bonds is 2. The molecule has 106 valence electrons. The average molecular weight is 285 g/mol. The van der Waals surface area contributed by atoms with E-state index < -0.39 is 11.7 Å². The number of nitrogens with zero attached hydrogens (tertiary/aromatic N) is 1. The van der Waals surface area contributed by atoms with Crippen LogP contribution >= 0.6 is 0 Å². The number of hydrogen-bond acceptors (Lipinski definition) is 2. The first-order chi connectivity index (χ1) is 10.1. The van der Waals surface area contributed by atoms with Crippen LogP contribution < -0.4 is 11.0 Å². The lowest BCUT2D eigenvalue weighted by Gasteiger charge is -2.06. The van der Waals surface area contributed by atoms with E-state index in [2.05, 4.69) is 10.3 Å². The Morgan fingerprint density at radius 3 is 2.76 bits per heavy atom. The minimum Gasteiger partial charge on any atom is -0.322 e. The summed E-state index contributed by atoms with van der Waals surface area (Å²) in [5.41, 5.74) is 1.55. The normalized spacial score (nSPS) is 10.8. The summed E-state index contributed by atoms with van der Waals surface area (Å²) in [5, 5.41) is 2.61. The molecular formula is C15H12FN3O2. The van der Waals surface area contributed by atoms with Gasteiger partial charge in [0.05, 0.1) is 16.6 Å². The highest BCUT2D eigenvalue weighted by Gasteiger charge is 2.11. The minimum atomic E-state index is -0.579. The van der Waals surface area contributed by atoms with Crippen molar-refractivity contribution in [3.63, 3.8) is 0 Å². The van der Waals surface area contributed by atoms with Crippen LogP contribution in [0.4, 0.5) is 10.1 Å². The molecule has 5 nitrogen and oxygen atoms in total. The van der Waals surface area contributed by atoms with E-state index in [4.69, 9.17) is 0 Å². The first-order valence-electron chi connectivity index (χ1n) is 6.31. The molecule has 0 spiro atoms. The predicted octanol–water partition coefficient (Wildman–Crippen LogP) is 2.26. The maximum atomic E-state index is 13.5. The van der Waals surface area contributed by atoms with Gasteiger partial charge < -0.3 is 10.3 Å². The lowest BCUT2D eigenvalue weighted by atomic mass is 10.2. The topological polar surface area (TPSA) is 66.9 Å². The third-order valence-electron chi connectivity index (χ3n) is 3.28. The zero-order valence-corrected chi connectivity index (χ0v) is 11.2. The number of imidazole rings is 1. The summed E-state index contributed by atoms with van der Waals surface area (Å²) < 4.78 is 15.0. The van der Waals surface area contributed by atoms with Gasteiger partial charge in [-0.05, 0) is 30.3 Å². The number of anilines is 1. The Morgan fingerprint density at radius 2 is 2.00 bits per heavy atom. The number of amides is 1. The number of benzene rings is 2. The zero-order valence-electron chi connectivity index (χ0n) is 11.2. The monoisotopic (exact) mass is 285 g/mol. The van der Waals surface area contributed by atoms with Gasteiger partial charge >= 0.3 is 5.69 Å². The van der Waals surface area contributed by atoms with Crippen molar-refractivity contribution in [2.45, 2.75) is 0 Å². The number of nitrogens with one attached hydrogen (secondary N) is 2. The Hall–Kier alpha value is -2.89. The number of carbonyl (C=O) groups is 1. The van der Waals surface area contributed by atoms with Crippen LogP contribution in [0.25, 0.3) is 11.0 Å². The Labute approximate surface area is 119 Å². The first kappa shape index (κ1) is 13.1. The lowest BCUT2D eigenvalue weighted by Crippen LogP contribution is -2.13. The van der Waals surface area contributed by atoms with Gasteiger partial charge in [0, 0.05) is 12.7 Å². The molecule has 0 atom stereocenters. The molecule has 0 saturated heterocycles. The SMILES string of the molecule is Cn1c(=O)[nH]c2cc(NC(=O)c3ccccc3F)ccc21. The van der Waals surface area contributed by atoms with Crippen molar-refractivity contribution in [3.05, 3.63) is 64.3 Å². The summed E-state index contributed by atoms with van der Waals surface area (Å²) in [7, 11) is 1.65. The van der Waals surface area contributed by atoms with Crippen LogP contribution in [0.5, 0.6) is 0 Å². The molecule has 0 radical (unpaired) electrons. The van der Waals surface area contributed by atoms with Crippen LogP contribution in [0.3, 0.4) is 0 Å². The first-order valence-corrected chi connectivity index (χ1v) is 6.31. The van der Waals surface area contributed by atoms with E-state index >= 15 is 0 Å². The molecule has 1 heterocycles. The van der Waals surface area contributed by atoms with E-state index in [0.29, 0.717) is 11.2 Å². The minimum absolute atomic E-state index is 0.0286. The predicted molar refractivity (Wildman–Crippen MR) is 77.9 cm³/mol. The number of hydrogen-bond donors (Lipinski definition) is 2. The maximum Gasteiger partial charge on any atom is 0.326 e. The summed E-state index contributed by atoms with van der Waals surface area (Å²) >= 11 is 0. The summed E-state index contributed by atoms with van der Waals surface area (Å²) in [5.74, 6) is -1.12. The third kappa shape index (κ3) is 2.31. The van der Waals surface area contributed by atoms with Crippen LogP contribution in [0, 0.1) is 5.82 Å². The van der Waals surface area contributed by atoms with Gasteiger partial charge in [-0.3, -0.25) is 9.36 Å². The van der Waals surface area contributed by atoms with Gasteiger partial charge in [-0.25, -0.2) is 9.18 Å². The summed E-state index contributed by atoms with van der Waals surface area (Å²) in [4.78, 5) is 26.2. The van der Waals surface area contributed by atoms with Gasteiger partial charge in [-0.15, -0.1) is 0 Å². The molecule has 0 aliphatic heterocycles. The van der Waals surface area contributed by atoms with Gasteiger partial charge in [-0.1, -0.05) is 12.1 Å². The van der Waals surface area contributed by atoms with Crippen molar-refractivity contribution >= 4 is 22.6 Å². The van der Waals surface area contributed by atoms with Crippen molar-refractivity contribution in [1.82, 2.24) is 9.55 Å². The quantitative estimate of drug-likeness (QED) is 0.758. The number of aryl methyl sites for hydroxylation is 1. The Bertz CT molecular complexity index is 895. The number of carbonyl (C=O) groups excluding carboxylic acids is 1. The van der Waals surface area contributed by atoms with Crippen molar-refractivity contribution in [1.29, 1.82) is 0 Å². The van der Waals surface area contributed by atoms with Gasteiger partial charge in [0.25, 0.3) is 5.91 Å². The average Bonchev–Trinajstić information content (AvgIpc) is 2.74. The number of aromatic nitrogens is 2. The van der Waals surface area contributed by atoms with Gasteiger partial charge in [0.15, 0.2) is 0 Å². The second kappa shape index (κ2) is 4.90. The molecule has 6 heteroatoms. The number of fused-ring (bicyclic) bond motifs is 1. The second-order valence-corrected chi connectivity index (χ2v) is 4.66. The second-order valence-electron chi connectivity index (χ2n) is 4.66. The number of halogens is 1. The van der Waals surface area contributed by atoms with Crippen molar-refractivity contribution < 1.29 is 9.18 Å². The molecule has 0 saturated carbocycles. The standard InChI is InChI=1S/C15H12FN3O2/c1-19-13-7-6-9(8-12(13)18-15(19)21)17-14(20)10-4-2-3-5-11(10)16/h2-8H,1H3,(H,17,20)(H,18,21). The lowest BCUT2D eigenvalue weighted by molar-refractivity contribution is 0.102. The van der Waals surface area contributed by atoms with Crippen molar-refractivity contribution in [2.75, 3.05) is 5.32 Å². The Balaban J connectivity index is 1.93. The molecule has 3 aromatic rings. The van der Waals surface area contributed by atoms with E-state index in [0.717, 1.165) is 5.52 Å². The number of H-pyrrole nitrogens is 1. The van der Waals surface area contributed by atoms with Gasteiger partial charge in [-0.2, -0.15) is 0 Å². The van der Waals surface area contributed by atoms with E-state index in [-0.39, 0.29) is 11.3 Å². The molecule has 3 rings (SSSR count).